The molecule has 0 saturated heterocycles. The van der Waals surface area contributed by atoms with Gasteiger partial charge in [-0.25, -0.2) is 0 Å². The maximum atomic E-state index is 13.8. The van der Waals surface area contributed by atoms with Crippen molar-refractivity contribution in [1.29, 1.82) is 0 Å². The Balaban J connectivity index is 1.25. The summed E-state index contributed by atoms with van der Waals surface area (Å²) < 4.78 is 39.5. The van der Waals surface area contributed by atoms with E-state index < -0.39 is 11.7 Å². The minimum absolute atomic E-state index is 0.140. The van der Waals surface area contributed by atoms with Crippen molar-refractivity contribution in [2.24, 2.45) is 11.3 Å². The van der Waals surface area contributed by atoms with Crippen LogP contribution >= 0.6 is 0 Å². The van der Waals surface area contributed by atoms with Gasteiger partial charge in [0.25, 0.3) is 0 Å². The summed E-state index contributed by atoms with van der Waals surface area (Å²) in [5, 5.41) is 3.70. The second-order valence-corrected chi connectivity index (χ2v) is 10.3. The molecule has 2 heterocycles. The molecule has 1 aliphatic heterocycles. The Morgan fingerprint density at radius 1 is 1.29 bits per heavy atom. The molecule has 4 nitrogen and oxygen atoms in total. The summed E-state index contributed by atoms with van der Waals surface area (Å²) in [6, 6.07) is 9.91. The average Bonchev–Trinajstić information content (AvgIpc) is 3.36. The number of hydrogen-bond donors (Lipinski definition) is 1. The van der Waals surface area contributed by atoms with Crippen LogP contribution in [0.15, 0.2) is 36.5 Å². The number of aromatic nitrogens is 1. The fraction of sp³-hybridized carbons (Fsp3) is 0.556. The van der Waals surface area contributed by atoms with Crippen LogP contribution in [0.2, 0.25) is 0 Å². The van der Waals surface area contributed by atoms with Gasteiger partial charge in [0.1, 0.15) is 0 Å². The second-order valence-electron chi connectivity index (χ2n) is 10.3. The monoisotopic (exact) mass is 471 g/mol. The zero-order chi connectivity index (χ0) is 23.9. The van der Waals surface area contributed by atoms with Gasteiger partial charge in [0.2, 0.25) is 5.91 Å². The fourth-order valence-electron chi connectivity index (χ4n) is 6.52. The van der Waals surface area contributed by atoms with E-state index >= 15 is 0 Å². The molecule has 1 aromatic heterocycles. The molecule has 2 aromatic rings. The van der Waals surface area contributed by atoms with Crippen molar-refractivity contribution in [3.63, 3.8) is 0 Å². The van der Waals surface area contributed by atoms with Gasteiger partial charge in [-0.2, -0.15) is 13.2 Å². The molecule has 1 N–H and O–H groups in total. The standard InChI is InChI=1S/C27H32F3N3O/c1-18-5-2-3-6-19(18)8-11-31-23-14-21-7-4-10-26(21,15-23)25(34)33-12-9-24-20(17-33)13-22(16-32-24)27(28,29)30/h2-3,5-6,13,16,21,23,31H,4,7-12,14-15,17H2,1H3. The average molecular weight is 472 g/mol. The lowest BCUT2D eigenvalue weighted by molar-refractivity contribution is -0.144. The lowest BCUT2D eigenvalue weighted by Gasteiger charge is -2.37. The number of halogens is 3. The lowest BCUT2D eigenvalue weighted by atomic mass is 9.78. The van der Waals surface area contributed by atoms with Gasteiger partial charge in [0.05, 0.1) is 11.0 Å². The molecule has 3 atom stereocenters. The lowest BCUT2D eigenvalue weighted by Crippen LogP contribution is -2.47. The SMILES string of the molecule is Cc1ccccc1CCNC1CC2CCCC2(C(=O)N2CCc3ncc(C(F)(F)F)cc3C2)C1. The Labute approximate surface area is 198 Å². The maximum Gasteiger partial charge on any atom is 0.417 e. The van der Waals surface area contributed by atoms with Crippen molar-refractivity contribution in [3.8, 4) is 0 Å². The quantitative estimate of drug-likeness (QED) is 0.662. The van der Waals surface area contributed by atoms with E-state index in [2.05, 4.69) is 41.5 Å². The number of carbonyl (C=O) groups is 1. The van der Waals surface area contributed by atoms with E-state index in [4.69, 9.17) is 0 Å². The summed E-state index contributed by atoms with van der Waals surface area (Å²) in [6.07, 6.45) is 2.79. The highest BCUT2D eigenvalue weighted by atomic mass is 19.4. The Morgan fingerprint density at radius 2 is 2.12 bits per heavy atom. The van der Waals surface area contributed by atoms with E-state index in [-0.39, 0.29) is 17.9 Å². The number of fused-ring (bicyclic) bond motifs is 2. The molecule has 34 heavy (non-hydrogen) atoms. The van der Waals surface area contributed by atoms with Crippen LogP contribution in [0.5, 0.6) is 0 Å². The number of hydrogen-bond acceptors (Lipinski definition) is 3. The summed E-state index contributed by atoms with van der Waals surface area (Å²) >= 11 is 0. The second kappa shape index (κ2) is 8.99. The first-order valence-corrected chi connectivity index (χ1v) is 12.4. The summed E-state index contributed by atoms with van der Waals surface area (Å²) in [5.74, 6) is 0.498. The molecule has 2 aliphatic carbocycles. The Morgan fingerprint density at radius 3 is 2.91 bits per heavy atom. The zero-order valence-electron chi connectivity index (χ0n) is 19.6. The van der Waals surface area contributed by atoms with Crippen LogP contribution < -0.4 is 5.32 Å². The van der Waals surface area contributed by atoms with E-state index in [0.717, 1.165) is 51.3 Å². The highest BCUT2D eigenvalue weighted by Gasteiger charge is 2.56. The molecule has 1 amide bonds. The largest absolute Gasteiger partial charge is 0.417 e. The van der Waals surface area contributed by atoms with Crippen molar-refractivity contribution >= 4 is 5.91 Å². The Hall–Kier alpha value is -2.41. The van der Waals surface area contributed by atoms with E-state index in [1.165, 1.54) is 17.2 Å². The molecule has 5 rings (SSSR count). The predicted octanol–water partition coefficient (Wildman–Crippen LogP) is 5.07. The van der Waals surface area contributed by atoms with Gasteiger partial charge in [-0.15, -0.1) is 0 Å². The highest BCUT2D eigenvalue weighted by molar-refractivity contribution is 5.84. The van der Waals surface area contributed by atoms with E-state index in [1.807, 2.05) is 0 Å². The minimum atomic E-state index is -4.42. The highest BCUT2D eigenvalue weighted by Crippen LogP contribution is 2.55. The number of nitrogens with zero attached hydrogens (tertiary/aromatic N) is 2. The van der Waals surface area contributed by atoms with Crippen molar-refractivity contribution in [1.82, 2.24) is 15.2 Å². The van der Waals surface area contributed by atoms with Gasteiger partial charge in [0, 0.05) is 37.4 Å². The molecule has 7 heteroatoms. The van der Waals surface area contributed by atoms with Crippen LogP contribution in [0.4, 0.5) is 13.2 Å². The maximum absolute atomic E-state index is 13.8. The third-order valence-corrected chi connectivity index (χ3v) is 8.31. The van der Waals surface area contributed by atoms with Gasteiger partial charge in [-0.1, -0.05) is 30.7 Å². The summed E-state index contributed by atoms with van der Waals surface area (Å²) in [4.78, 5) is 19.7. The van der Waals surface area contributed by atoms with Gasteiger partial charge >= 0.3 is 6.18 Å². The molecular formula is C27H32F3N3O. The van der Waals surface area contributed by atoms with E-state index in [9.17, 15) is 18.0 Å². The Bertz CT molecular complexity index is 1070. The number of aryl methyl sites for hydroxylation is 1. The number of carbonyl (C=O) groups excluding carboxylic acids is 1. The van der Waals surface area contributed by atoms with Crippen LogP contribution in [0, 0.1) is 18.3 Å². The topological polar surface area (TPSA) is 45.2 Å². The van der Waals surface area contributed by atoms with Crippen molar-refractivity contribution in [3.05, 3.63) is 64.5 Å². The van der Waals surface area contributed by atoms with Crippen molar-refractivity contribution in [2.45, 2.75) is 70.6 Å². The molecule has 0 bridgehead atoms. The van der Waals surface area contributed by atoms with Crippen LogP contribution in [0.25, 0.3) is 0 Å². The first-order valence-electron chi connectivity index (χ1n) is 12.4. The molecule has 1 aromatic carbocycles. The fourth-order valence-corrected chi connectivity index (χ4v) is 6.52. The molecule has 3 unspecified atom stereocenters. The number of pyridine rings is 1. The van der Waals surface area contributed by atoms with Gasteiger partial charge in [-0.3, -0.25) is 9.78 Å². The molecule has 182 valence electrons. The van der Waals surface area contributed by atoms with Gasteiger partial charge < -0.3 is 10.2 Å². The number of amides is 1. The van der Waals surface area contributed by atoms with Crippen LogP contribution in [0.1, 0.15) is 60.1 Å². The zero-order valence-corrected chi connectivity index (χ0v) is 19.6. The summed E-state index contributed by atoms with van der Waals surface area (Å²) in [7, 11) is 0. The van der Waals surface area contributed by atoms with Crippen LogP contribution in [0.3, 0.4) is 0 Å². The molecule has 0 radical (unpaired) electrons. The molecule has 2 fully saturated rings. The number of benzene rings is 1. The summed E-state index contributed by atoms with van der Waals surface area (Å²) in [5.41, 5.74) is 2.75. The number of rotatable bonds is 5. The molecule has 0 spiro atoms. The first-order chi connectivity index (χ1) is 16.3. The van der Waals surface area contributed by atoms with Crippen LogP contribution in [-0.4, -0.2) is 34.9 Å². The van der Waals surface area contributed by atoms with Crippen LogP contribution in [-0.2, 0) is 30.4 Å². The first kappa shape index (κ1) is 23.3. The van der Waals surface area contributed by atoms with Crippen molar-refractivity contribution in [2.75, 3.05) is 13.1 Å². The van der Waals surface area contributed by atoms with E-state index in [1.54, 1.807) is 4.90 Å². The Kier molecular flexibility index (Phi) is 6.17. The number of alkyl halides is 3. The third kappa shape index (κ3) is 4.35. The third-order valence-electron chi connectivity index (χ3n) is 8.31. The minimum Gasteiger partial charge on any atom is -0.337 e. The smallest absolute Gasteiger partial charge is 0.337 e. The molecular weight excluding hydrogens is 439 g/mol. The normalized spacial score (nSPS) is 26.4. The number of nitrogens with one attached hydrogen (secondary N) is 1. The summed E-state index contributed by atoms with van der Waals surface area (Å²) in [6.45, 7) is 3.78. The van der Waals surface area contributed by atoms with Gasteiger partial charge in [0.15, 0.2) is 0 Å². The molecule has 3 aliphatic rings. The van der Waals surface area contributed by atoms with Crippen molar-refractivity contribution < 1.29 is 18.0 Å². The predicted molar refractivity (Wildman–Crippen MR) is 124 cm³/mol. The van der Waals surface area contributed by atoms with E-state index in [0.29, 0.717) is 36.2 Å². The molecule has 2 saturated carbocycles. The van der Waals surface area contributed by atoms with Gasteiger partial charge in [-0.05, 0) is 74.2 Å².